The Hall–Kier alpha value is -4.13. The van der Waals surface area contributed by atoms with E-state index in [1.165, 1.54) is 6.26 Å². The van der Waals surface area contributed by atoms with Gasteiger partial charge in [0.15, 0.2) is 0 Å². The van der Waals surface area contributed by atoms with E-state index in [0.717, 1.165) is 5.69 Å². The second-order valence-electron chi connectivity index (χ2n) is 6.42. The average Bonchev–Trinajstić information content (AvgIpc) is 2.80. The first-order valence-electron chi connectivity index (χ1n) is 9.19. The van der Waals surface area contributed by atoms with Gasteiger partial charge in [-0.05, 0) is 48.5 Å². The van der Waals surface area contributed by atoms with Gasteiger partial charge in [-0.1, -0.05) is 6.07 Å². The molecule has 2 aromatic heterocycles. The lowest BCUT2D eigenvalue weighted by Gasteiger charge is -2.08. The summed E-state index contributed by atoms with van der Waals surface area (Å²) >= 11 is 0. The summed E-state index contributed by atoms with van der Waals surface area (Å²) in [6.45, 7) is 0.334. The first kappa shape index (κ1) is 19.2. The lowest BCUT2D eigenvalue weighted by molar-refractivity contribution is 0.0950. The van der Waals surface area contributed by atoms with Crippen molar-refractivity contribution in [2.24, 2.45) is 0 Å². The summed E-state index contributed by atoms with van der Waals surface area (Å²) in [5.74, 6) is 0.832. The standard InChI is InChI=1S/C23H18N2O5/c1-28-18-9-10-19-20(12-18)29-14-21(22(19)26)30-17-7-5-15(6-8-17)23(27)25-13-16-4-2-3-11-24-16/h2-12,14H,13H2,1H3,(H,25,27). The second kappa shape index (κ2) is 8.48. The third-order valence-electron chi connectivity index (χ3n) is 4.45. The van der Waals surface area contributed by atoms with Gasteiger partial charge >= 0.3 is 0 Å². The molecule has 7 heteroatoms. The summed E-state index contributed by atoms with van der Waals surface area (Å²) in [6, 6.07) is 16.9. The number of carbonyl (C=O) groups excluding carboxylic acids is 1. The van der Waals surface area contributed by atoms with E-state index in [2.05, 4.69) is 10.3 Å². The molecule has 0 spiro atoms. The van der Waals surface area contributed by atoms with Crippen molar-refractivity contribution in [2.75, 3.05) is 7.11 Å². The predicted molar refractivity (Wildman–Crippen MR) is 111 cm³/mol. The van der Waals surface area contributed by atoms with Crippen LogP contribution in [-0.2, 0) is 6.54 Å². The van der Waals surface area contributed by atoms with Crippen molar-refractivity contribution >= 4 is 16.9 Å². The molecule has 0 radical (unpaired) electrons. The van der Waals surface area contributed by atoms with Crippen LogP contribution >= 0.6 is 0 Å². The van der Waals surface area contributed by atoms with E-state index >= 15 is 0 Å². The van der Waals surface area contributed by atoms with Crippen molar-refractivity contribution in [3.05, 3.63) is 94.6 Å². The normalized spacial score (nSPS) is 10.6. The van der Waals surface area contributed by atoms with Crippen LogP contribution in [0.4, 0.5) is 0 Å². The highest BCUT2D eigenvalue weighted by Gasteiger charge is 2.11. The zero-order valence-corrected chi connectivity index (χ0v) is 16.1. The number of rotatable bonds is 6. The lowest BCUT2D eigenvalue weighted by atomic mass is 10.2. The van der Waals surface area contributed by atoms with Gasteiger partial charge < -0.3 is 19.2 Å². The SMILES string of the molecule is COc1ccc2c(=O)c(Oc3ccc(C(=O)NCc4ccccn4)cc3)coc2c1. The van der Waals surface area contributed by atoms with Gasteiger partial charge in [-0.3, -0.25) is 14.6 Å². The molecule has 0 atom stereocenters. The van der Waals surface area contributed by atoms with Gasteiger partial charge in [-0.25, -0.2) is 0 Å². The molecule has 0 aliphatic carbocycles. The van der Waals surface area contributed by atoms with Crippen LogP contribution in [0, 0.1) is 0 Å². The van der Waals surface area contributed by atoms with Crippen molar-refractivity contribution in [3.63, 3.8) is 0 Å². The monoisotopic (exact) mass is 402 g/mol. The third-order valence-corrected chi connectivity index (χ3v) is 4.45. The van der Waals surface area contributed by atoms with Crippen LogP contribution in [0.2, 0.25) is 0 Å². The molecule has 4 rings (SSSR count). The largest absolute Gasteiger partial charge is 0.497 e. The number of hydrogen-bond donors (Lipinski definition) is 1. The molecule has 0 aliphatic rings. The van der Waals surface area contributed by atoms with Crippen LogP contribution in [0.15, 0.2) is 82.3 Å². The number of nitrogens with one attached hydrogen (secondary N) is 1. The Morgan fingerprint density at radius 1 is 1.07 bits per heavy atom. The molecule has 0 saturated carbocycles. The number of ether oxygens (including phenoxy) is 2. The number of hydrogen-bond acceptors (Lipinski definition) is 6. The molecular formula is C23H18N2O5. The molecule has 1 N–H and O–H groups in total. The number of pyridine rings is 1. The van der Waals surface area contributed by atoms with Crippen molar-refractivity contribution in [3.8, 4) is 17.2 Å². The summed E-state index contributed by atoms with van der Waals surface area (Å²) in [5, 5.41) is 3.19. The van der Waals surface area contributed by atoms with Gasteiger partial charge in [0.2, 0.25) is 11.2 Å². The maximum Gasteiger partial charge on any atom is 0.251 e. The lowest BCUT2D eigenvalue weighted by Crippen LogP contribution is -2.23. The van der Waals surface area contributed by atoms with Gasteiger partial charge in [0.1, 0.15) is 23.3 Å². The summed E-state index contributed by atoms with van der Waals surface area (Å²) in [7, 11) is 1.54. The van der Waals surface area contributed by atoms with E-state index in [0.29, 0.717) is 34.6 Å². The fourth-order valence-corrected chi connectivity index (χ4v) is 2.87. The maximum absolute atomic E-state index is 12.6. The fourth-order valence-electron chi connectivity index (χ4n) is 2.87. The zero-order chi connectivity index (χ0) is 20.9. The van der Waals surface area contributed by atoms with E-state index < -0.39 is 0 Å². The smallest absolute Gasteiger partial charge is 0.251 e. The Labute approximate surface area is 171 Å². The summed E-state index contributed by atoms with van der Waals surface area (Å²) in [6.07, 6.45) is 2.94. The van der Waals surface area contributed by atoms with E-state index in [1.54, 1.807) is 55.8 Å². The Kier molecular flexibility index (Phi) is 5.43. The van der Waals surface area contributed by atoms with Gasteiger partial charge in [0.25, 0.3) is 5.91 Å². The van der Waals surface area contributed by atoms with Gasteiger partial charge in [0, 0.05) is 17.8 Å². The van der Waals surface area contributed by atoms with Crippen LogP contribution in [0.3, 0.4) is 0 Å². The Balaban J connectivity index is 1.46. The zero-order valence-electron chi connectivity index (χ0n) is 16.1. The van der Waals surface area contributed by atoms with Gasteiger partial charge in [-0.15, -0.1) is 0 Å². The highest BCUT2D eigenvalue weighted by atomic mass is 16.5. The molecule has 1 amide bonds. The molecule has 2 heterocycles. The summed E-state index contributed by atoms with van der Waals surface area (Å²) < 4.78 is 16.3. The quantitative estimate of drug-likeness (QED) is 0.526. The van der Waals surface area contributed by atoms with Crippen molar-refractivity contribution < 1.29 is 18.7 Å². The van der Waals surface area contributed by atoms with E-state index in [-0.39, 0.29) is 17.1 Å². The maximum atomic E-state index is 12.6. The number of benzene rings is 2. The Morgan fingerprint density at radius 3 is 2.60 bits per heavy atom. The molecule has 0 bridgehead atoms. The number of amides is 1. The number of methoxy groups -OCH3 is 1. The molecule has 150 valence electrons. The predicted octanol–water partition coefficient (Wildman–Crippen LogP) is 3.92. The van der Waals surface area contributed by atoms with Crippen LogP contribution in [0.5, 0.6) is 17.2 Å². The third kappa shape index (κ3) is 4.15. The second-order valence-corrected chi connectivity index (χ2v) is 6.42. The first-order chi connectivity index (χ1) is 14.6. The molecule has 2 aromatic carbocycles. The fraction of sp³-hybridized carbons (Fsp3) is 0.0870. The molecule has 4 aromatic rings. The minimum atomic E-state index is -0.295. The summed E-state index contributed by atoms with van der Waals surface area (Å²) in [4.78, 5) is 29.1. The molecule has 7 nitrogen and oxygen atoms in total. The number of carbonyl (C=O) groups is 1. The first-order valence-corrected chi connectivity index (χ1v) is 9.19. The van der Waals surface area contributed by atoms with E-state index in [9.17, 15) is 9.59 Å². The van der Waals surface area contributed by atoms with Crippen LogP contribution in [0.25, 0.3) is 11.0 Å². The minimum absolute atomic E-state index is 0.0556. The molecular weight excluding hydrogens is 384 g/mol. The minimum Gasteiger partial charge on any atom is -0.497 e. The van der Waals surface area contributed by atoms with Crippen LogP contribution in [-0.4, -0.2) is 18.0 Å². The number of nitrogens with zero attached hydrogens (tertiary/aromatic N) is 1. The Bertz CT molecular complexity index is 1230. The highest BCUT2D eigenvalue weighted by molar-refractivity contribution is 5.94. The molecule has 30 heavy (non-hydrogen) atoms. The molecule has 0 saturated heterocycles. The number of aromatic nitrogens is 1. The summed E-state index contributed by atoms with van der Waals surface area (Å²) in [5.41, 5.74) is 1.35. The van der Waals surface area contributed by atoms with Crippen LogP contribution < -0.4 is 20.2 Å². The molecule has 0 unspecified atom stereocenters. The number of fused-ring (bicyclic) bond motifs is 1. The Morgan fingerprint density at radius 2 is 1.87 bits per heavy atom. The average molecular weight is 402 g/mol. The van der Waals surface area contributed by atoms with E-state index in [4.69, 9.17) is 13.9 Å². The van der Waals surface area contributed by atoms with Crippen molar-refractivity contribution in [1.29, 1.82) is 0 Å². The van der Waals surface area contributed by atoms with E-state index in [1.807, 2.05) is 18.2 Å². The van der Waals surface area contributed by atoms with Gasteiger partial charge in [-0.2, -0.15) is 0 Å². The van der Waals surface area contributed by atoms with Crippen LogP contribution in [0.1, 0.15) is 16.1 Å². The topological polar surface area (TPSA) is 90.7 Å². The molecule has 0 aliphatic heterocycles. The van der Waals surface area contributed by atoms with Crippen molar-refractivity contribution in [2.45, 2.75) is 6.54 Å². The highest BCUT2D eigenvalue weighted by Crippen LogP contribution is 2.24. The van der Waals surface area contributed by atoms with Crippen molar-refractivity contribution in [1.82, 2.24) is 10.3 Å². The van der Waals surface area contributed by atoms with Gasteiger partial charge in [0.05, 0.1) is 24.7 Å². The molecule has 0 fully saturated rings.